The summed E-state index contributed by atoms with van der Waals surface area (Å²) < 4.78 is 0. The first kappa shape index (κ1) is 8.76. The van der Waals surface area contributed by atoms with Gasteiger partial charge >= 0.3 is 0 Å². The molecule has 1 rings (SSSR count). The maximum atomic E-state index is 9.00. The summed E-state index contributed by atoms with van der Waals surface area (Å²) in [5.41, 5.74) is 1.08. The summed E-state index contributed by atoms with van der Waals surface area (Å²) in [4.78, 5) is 3.52. The molecule has 12 heavy (non-hydrogen) atoms. The molecule has 1 N–H and O–H groups in total. The van der Waals surface area contributed by atoms with Gasteiger partial charge in [0.15, 0.2) is 0 Å². The van der Waals surface area contributed by atoms with E-state index in [9.17, 15) is 0 Å². The van der Waals surface area contributed by atoms with E-state index in [2.05, 4.69) is 4.85 Å². The third-order valence-electron chi connectivity index (χ3n) is 1.82. The highest BCUT2D eigenvalue weighted by molar-refractivity contribution is 5.20. The molecule has 0 heterocycles. The van der Waals surface area contributed by atoms with Crippen LogP contribution in [0.4, 0.5) is 0 Å². The molecule has 1 unspecified atom stereocenters. The van der Waals surface area contributed by atoms with Crippen LogP contribution in [0.15, 0.2) is 30.3 Å². The lowest BCUT2D eigenvalue weighted by Gasteiger charge is -2.05. The van der Waals surface area contributed by atoms with Crippen LogP contribution in [0.3, 0.4) is 0 Å². The fraction of sp³-hybridized carbons (Fsp3) is 0.300. The predicted molar refractivity (Wildman–Crippen MR) is 49.4 cm³/mol. The summed E-state index contributed by atoms with van der Waals surface area (Å²) in [7, 11) is 0. The molecule has 0 saturated heterocycles. The Morgan fingerprint density at radius 2 is 2.00 bits per heavy atom. The van der Waals surface area contributed by atoms with Crippen LogP contribution in [0, 0.1) is 6.57 Å². The maximum Gasteiger partial charge on any atom is 0.272 e. The van der Waals surface area contributed by atoms with Crippen molar-refractivity contribution in [1.82, 2.24) is 0 Å². The molecule has 0 fully saturated rings. The van der Waals surface area contributed by atoms with Gasteiger partial charge in [0.1, 0.15) is 0 Å². The molecule has 0 radical (unpaired) electrons. The van der Waals surface area contributed by atoms with Crippen molar-refractivity contribution in [2.45, 2.75) is 5.92 Å². The summed E-state index contributed by atoms with van der Waals surface area (Å²) in [6, 6.07) is 9.75. The van der Waals surface area contributed by atoms with Gasteiger partial charge in [-0.3, -0.25) is 0 Å². The molecule has 0 aliphatic rings. The Morgan fingerprint density at radius 3 is 2.50 bits per heavy atom. The third-order valence-corrected chi connectivity index (χ3v) is 1.82. The minimum absolute atomic E-state index is 0.0381. The van der Waals surface area contributed by atoms with Crippen molar-refractivity contribution in [2.75, 3.05) is 13.2 Å². The lowest BCUT2D eigenvalue weighted by molar-refractivity contribution is 0.271. The van der Waals surface area contributed by atoms with Crippen molar-refractivity contribution in [3.63, 3.8) is 0 Å². The summed E-state index contributed by atoms with van der Waals surface area (Å²) in [5, 5.41) is 9.00. The molecule has 62 valence electrons. The van der Waals surface area contributed by atoms with Gasteiger partial charge in [-0.1, -0.05) is 35.2 Å². The summed E-state index contributed by atoms with van der Waals surface area (Å²) in [5.74, 6) is 0.0381. The van der Waals surface area contributed by atoms with Gasteiger partial charge in [0, 0.05) is 0 Å². The highest BCUT2D eigenvalue weighted by Gasteiger charge is 2.13. The first-order valence-corrected chi connectivity index (χ1v) is 3.91. The van der Waals surface area contributed by atoms with Gasteiger partial charge < -0.3 is 5.11 Å². The Morgan fingerprint density at radius 1 is 1.33 bits per heavy atom. The molecule has 0 saturated carbocycles. The Hall–Kier alpha value is -1.33. The van der Waals surface area contributed by atoms with Crippen molar-refractivity contribution in [1.29, 1.82) is 0 Å². The Bertz CT molecular complexity index is 263. The van der Waals surface area contributed by atoms with Crippen LogP contribution in [-0.4, -0.2) is 18.3 Å². The number of rotatable bonds is 3. The van der Waals surface area contributed by atoms with E-state index >= 15 is 0 Å². The van der Waals surface area contributed by atoms with E-state index < -0.39 is 0 Å². The van der Waals surface area contributed by atoms with E-state index in [1.807, 2.05) is 30.3 Å². The maximum absolute atomic E-state index is 9.00. The van der Waals surface area contributed by atoms with Gasteiger partial charge in [-0.25, -0.2) is 0 Å². The largest absolute Gasteiger partial charge is 0.395 e. The van der Waals surface area contributed by atoms with E-state index in [4.69, 9.17) is 11.7 Å². The van der Waals surface area contributed by atoms with Gasteiger partial charge in [-0.15, -0.1) is 0 Å². The molecule has 0 aliphatic carbocycles. The van der Waals surface area contributed by atoms with Crippen LogP contribution in [0.1, 0.15) is 11.5 Å². The zero-order valence-electron chi connectivity index (χ0n) is 6.85. The fourth-order valence-electron chi connectivity index (χ4n) is 1.12. The molecule has 1 aromatic carbocycles. The normalized spacial score (nSPS) is 12.0. The Balaban J connectivity index is 2.75. The monoisotopic (exact) mass is 162 g/mol. The average Bonchev–Trinajstić information content (AvgIpc) is 2.15. The zero-order valence-corrected chi connectivity index (χ0v) is 6.85. The molecule has 2 nitrogen and oxygen atoms in total. The van der Waals surface area contributed by atoms with Crippen molar-refractivity contribution in [3.05, 3.63) is 40.7 Å². The second-order valence-corrected chi connectivity index (χ2v) is 2.66. The van der Waals surface area contributed by atoms with Crippen LogP contribution in [-0.2, 0) is 0 Å². The second-order valence-electron chi connectivity index (χ2n) is 2.66. The topological polar surface area (TPSA) is 24.6 Å². The predicted octanol–water partition coefficient (Wildman–Crippen LogP) is 1.73. The summed E-state index contributed by atoms with van der Waals surface area (Å²) >= 11 is 0. The summed E-state index contributed by atoms with van der Waals surface area (Å²) in [6.45, 7) is 5.62. The molecule has 1 atom stereocenters. The van der Waals surface area contributed by atoms with Crippen LogP contribution in [0.5, 0.6) is 0 Å². The van der Waals surface area contributed by atoms with Crippen molar-refractivity contribution < 1.29 is 5.11 Å². The van der Waals surface area contributed by atoms with Crippen molar-refractivity contribution >= 4 is 0 Å². The van der Waals surface area contributed by atoms with Gasteiger partial charge in [0.05, 0.1) is 12.5 Å². The van der Waals surface area contributed by atoms with Crippen LogP contribution < -0.4 is 0 Å². The number of aliphatic hydroxyl groups is 1. The highest BCUT2D eigenvalue weighted by Crippen LogP contribution is 2.14. The van der Waals surface area contributed by atoms with Gasteiger partial charge in [-0.2, -0.15) is 0 Å². The molecule has 0 aliphatic heterocycles. The SMILES string of the molecule is C#[N+]CC(CO)c1ccccc1. The molecule has 0 aromatic heterocycles. The number of nitrogens with zero attached hydrogens (tertiary/aromatic N) is 1. The molecule has 0 bridgehead atoms. The molecular weight excluding hydrogens is 150 g/mol. The van der Waals surface area contributed by atoms with Crippen molar-refractivity contribution in [3.8, 4) is 6.57 Å². The van der Waals surface area contributed by atoms with Crippen LogP contribution in [0.25, 0.3) is 4.85 Å². The Labute approximate surface area is 72.3 Å². The fourth-order valence-corrected chi connectivity index (χ4v) is 1.12. The summed E-state index contributed by atoms with van der Waals surface area (Å²) in [6.07, 6.45) is 0. The molecule has 2 heteroatoms. The molecule has 1 aromatic rings. The number of aliphatic hydroxyl groups excluding tert-OH is 1. The van der Waals surface area contributed by atoms with Crippen LogP contribution in [0.2, 0.25) is 0 Å². The van der Waals surface area contributed by atoms with Crippen molar-refractivity contribution in [2.24, 2.45) is 0 Å². The minimum atomic E-state index is 0.0381. The Kier molecular flexibility index (Phi) is 3.31. The van der Waals surface area contributed by atoms with Gasteiger partial charge in [0.25, 0.3) is 13.1 Å². The zero-order chi connectivity index (χ0) is 8.81. The van der Waals surface area contributed by atoms with E-state index in [0.717, 1.165) is 5.56 Å². The first-order chi connectivity index (χ1) is 5.88. The number of hydrogen-bond donors (Lipinski definition) is 1. The molecule has 0 spiro atoms. The number of benzene rings is 1. The molecular formula is C10H12NO+. The highest BCUT2D eigenvalue weighted by atomic mass is 16.3. The lowest BCUT2D eigenvalue weighted by Crippen LogP contribution is -2.06. The third kappa shape index (κ3) is 2.08. The number of hydrogen-bond acceptors (Lipinski definition) is 1. The van der Waals surface area contributed by atoms with Gasteiger partial charge in [0.2, 0.25) is 0 Å². The average molecular weight is 162 g/mol. The lowest BCUT2D eigenvalue weighted by atomic mass is 10.0. The quantitative estimate of drug-likeness (QED) is 0.719. The molecule has 0 amide bonds. The van der Waals surface area contributed by atoms with E-state index in [1.54, 1.807) is 0 Å². The first-order valence-electron chi connectivity index (χ1n) is 3.91. The van der Waals surface area contributed by atoms with E-state index in [0.29, 0.717) is 6.54 Å². The standard InChI is InChI=1S/C10H12NO/c1-11-7-10(8-12)9-5-3-2-4-6-9/h1-6,10,12H,7-8H2/q+1. The van der Waals surface area contributed by atoms with E-state index in [1.165, 1.54) is 0 Å². The smallest absolute Gasteiger partial charge is 0.272 e. The minimum Gasteiger partial charge on any atom is -0.395 e. The van der Waals surface area contributed by atoms with Gasteiger partial charge in [-0.05, 0) is 5.56 Å². The van der Waals surface area contributed by atoms with E-state index in [-0.39, 0.29) is 12.5 Å². The second kappa shape index (κ2) is 4.53. The van der Waals surface area contributed by atoms with Crippen LogP contribution >= 0.6 is 0 Å².